The van der Waals surface area contributed by atoms with Gasteiger partial charge in [-0.1, -0.05) is 12.1 Å². The Morgan fingerprint density at radius 1 is 1.19 bits per heavy atom. The van der Waals surface area contributed by atoms with Crippen molar-refractivity contribution < 1.29 is 9.84 Å². The number of rotatable bonds is 4. The van der Waals surface area contributed by atoms with Crippen LogP contribution in [0.4, 0.5) is 5.69 Å². The molecule has 5 nitrogen and oxygen atoms in total. The lowest BCUT2D eigenvalue weighted by Crippen LogP contribution is -2.08. The van der Waals surface area contributed by atoms with Crippen molar-refractivity contribution in [2.45, 2.75) is 6.61 Å². The van der Waals surface area contributed by atoms with Crippen LogP contribution in [0.3, 0.4) is 0 Å². The normalized spacial score (nSPS) is 10.8. The molecule has 0 aliphatic carbocycles. The molecule has 0 fully saturated rings. The highest BCUT2D eigenvalue weighted by Crippen LogP contribution is 2.28. The zero-order valence-electron chi connectivity index (χ0n) is 12.0. The molecule has 0 saturated heterocycles. The first kappa shape index (κ1) is 13.5. The van der Waals surface area contributed by atoms with E-state index >= 15 is 0 Å². The average Bonchev–Trinajstić information content (AvgIpc) is 2.84. The van der Waals surface area contributed by atoms with Gasteiger partial charge in [0.25, 0.3) is 0 Å². The first-order valence-corrected chi connectivity index (χ1v) is 6.71. The quantitative estimate of drug-likeness (QED) is 0.800. The van der Waals surface area contributed by atoms with Crippen LogP contribution in [-0.4, -0.2) is 28.6 Å². The fraction of sp³-hybridized carbons (Fsp3) is 0.188. The van der Waals surface area contributed by atoms with Gasteiger partial charge in [-0.25, -0.2) is 0 Å². The van der Waals surface area contributed by atoms with Crippen molar-refractivity contribution >= 4 is 11.3 Å². The summed E-state index contributed by atoms with van der Waals surface area (Å²) < 4.78 is 7.68. The van der Waals surface area contributed by atoms with Crippen molar-refractivity contribution in [1.29, 1.82) is 0 Å². The Balaban J connectivity index is 2.00. The fourth-order valence-corrected chi connectivity index (χ4v) is 2.19. The van der Waals surface area contributed by atoms with Crippen molar-refractivity contribution in [3.63, 3.8) is 0 Å². The van der Waals surface area contributed by atoms with Crippen LogP contribution in [0.25, 0.3) is 5.65 Å². The number of anilines is 1. The number of hydrogen-bond acceptors (Lipinski definition) is 4. The summed E-state index contributed by atoms with van der Waals surface area (Å²) in [6.45, 7) is -0.131. The molecule has 5 heteroatoms. The second-order valence-electron chi connectivity index (χ2n) is 4.94. The molecule has 0 atom stereocenters. The van der Waals surface area contributed by atoms with Crippen LogP contribution < -0.4 is 9.64 Å². The molecule has 0 unspecified atom stereocenters. The predicted octanol–water partition coefficient (Wildman–Crippen LogP) is 2.68. The van der Waals surface area contributed by atoms with Gasteiger partial charge in [-0.05, 0) is 24.3 Å². The van der Waals surface area contributed by atoms with Crippen LogP contribution in [0.15, 0.2) is 48.7 Å². The second-order valence-corrected chi connectivity index (χ2v) is 4.94. The van der Waals surface area contributed by atoms with Gasteiger partial charge < -0.3 is 14.7 Å². The number of imidazole rings is 1. The second kappa shape index (κ2) is 5.46. The van der Waals surface area contributed by atoms with Crippen molar-refractivity contribution in [1.82, 2.24) is 9.38 Å². The van der Waals surface area contributed by atoms with Crippen molar-refractivity contribution in [2.24, 2.45) is 0 Å². The van der Waals surface area contributed by atoms with E-state index in [1.54, 1.807) is 0 Å². The smallest absolute Gasteiger partial charge is 0.243 e. The Bertz CT molecular complexity index is 765. The molecule has 0 aliphatic heterocycles. The zero-order chi connectivity index (χ0) is 14.8. The number of hydrogen-bond donors (Lipinski definition) is 1. The monoisotopic (exact) mass is 283 g/mol. The molecule has 108 valence electrons. The first-order valence-electron chi connectivity index (χ1n) is 6.71. The van der Waals surface area contributed by atoms with E-state index in [2.05, 4.69) is 4.98 Å². The lowest BCUT2D eigenvalue weighted by Gasteiger charge is -2.13. The molecule has 0 bridgehead atoms. The highest BCUT2D eigenvalue weighted by molar-refractivity contribution is 5.51. The van der Waals surface area contributed by atoms with Gasteiger partial charge in [0.1, 0.15) is 17.1 Å². The highest BCUT2D eigenvalue weighted by atomic mass is 16.5. The topological polar surface area (TPSA) is 50.0 Å². The van der Waals surface area contributed by atoms with Gasteiger partial charge in [-0.3, -0.25) is 4.40 Å². The van der Waals surface area contributed by atoms with Crippen LogP contribution in [0.5, 0.6) is 11.6 Å². The number of aromatic nitrogens is 2. The summed E-state index contributed by atoms with van der Waals surface area (Å²) in [4.78, 5) is 6.42. The number of nitrogens with zero attached hydrogens (tertiary/aromatic N) is 3. The summed E-state index contributed by atoms with van der Waals surface area (Å²) in [5.74, 6) is 1.12. The minimum Gasteiger partial charge on any atom is -0.437 e. The van der Waals surface area contributed by atoms with Crippen molar-refractivity contribution in [3.8, 4) is 11.6 Å². The molecule has 0 spiro atoms. The fourth-order valence-electron chi connectivity index (χ4n) is 2.19. The Morgan fingerprint density at radius 3 is 2.81 bits per heavy atom. The van der Waals surface area contributed by atoms with E-state index in [9.17, 15) is 5.11 Å². The number of benzene rings is 1. The predicted molar refractivity (Wildman–Crippen MR) is 82.0 cm³/mol. The Kier molecular flexibility index (Phi) is 3.50. The van der Waals surface area contributed by atoms with Crippen molar-refractivity contribution in [3.05, 3.63) is 54.4 Å². The average molecular weight is 283 g/mol. The molecule has 0 radical (unpaired) electrons. The summed E-state index contributed by atoms with van der Waals surface area (Å²) in [6.07, 6.45) is 1.86. The molecule has 3 aromatic rings. The van der Waals surface area contributed by atoms with Gasteiger partial charge in [0.05, 0.1) is 6.61 Å². The van der Waals surface area contributed by atoms with Crippen LogP contribution >= 0.6 is 0 Å². The van der Waals surface area contributed by atoms with Gasteiger partial charge in [-0.15, -0.1) is 0 Å². The largest absolute Gasteiger partial charge is 0.437 e. The maximum absolute atomic E-state index is 9.58. The Hall–Kier alpha value is -2.53. The zero-order valence-corrected chi connectivity index (χ0v) is 12.0. The SMILES string of the molecule is CN(C)c1cccc(Oc2nc3ccccn3c2CO)c1. The third kappa shape index (κ3) is 2.55. The number of ether oxygens (including phenoxy) is 1. The molecular formula is C16H17N3O2. The molecule has 1 N–H and O–H groups in total. The molecule has 3 rings (SSSR count). The molecule has 2 aromatic heterocycles. The molecule has 21 heavy (non-hydrogen) atoms. The van der Waals surface area contributed by atoms with E-state index in [4.69, 9.17) is 4.74 Å². The Labute approximate surface area is 123 Å². The summed E-state index contributed by atoms with van der Waals surface area (Å²) in [6, 6.07) is 13.4. The first-order chi connectivity index (χ1) is 10.2. The maximum Gasteiger partial charge on any atom is 0.243 e. The van der Waals surface area contributed by atoms with Gasteiger partial charge in [-0.2, -0.15) is 4.98 Å². The Morgan fingerprint density at radius 2 is 2.05 bits per heavy atom. The van der Waals surface area contributed by atoms with Crippen molar-refractivity contribution in [2.75, 3.05) is 19.0 Å². The van der Waals surface area contributed by atoms with Gasteiger partial charge in [0.2, 0.25) is 5.88 Å². The van der Waals surface area contributed by atoms with Crippen LogP contribution in [0.1, 0.15) is 5.69 Å². The van der Waals surface area contributed by atoms with Crippen LogP contribution in [-0.2, 0) is 6.61 Å². The molecule has 0 amide bonds. The lowest BCUT2D eigenvalue weighted by atomic mass is 10.3. The van der Waals surface area contributed by atoms with E-state index in [-0.39, 0.29) is 6.61 Å². The number of pyridine rings is 1. The van der Waals surface area contributed by atoms with E-state index < -0.39 is 0 Å². The minimum atomic E-state index is -0.131. The highest BCUT2D eigenvalue weighted by Gasteiger charge is 2.13. The van der Waals surface area contributed by atoms with Gasteiger partial charge >= 0.3 is 0 Å². The third-order valence-corrected chi connectivity index (χ3v) is 3.29. The summed E-state index contributed by atoms with van der Waals surface area (Å²) in [5, 5.41) is 9.58. The third-order valence-electron chi connectivity index (χ3n) is 3.29. The summed E-state index contributed by atoms with van der Waals surface area (Å²) in [5.41, 5.74) is 2.43. The standard InChI is InChI=1S/C16H17N3O2/c1-18(2)12-6-5-7-13(10-12)21-16-14(11-20)19-9-4-3-8-15(19)17-16/h3-10,20H,11H2,1-2H3. The minimum absolute atomic E-state index is 0.131. The summed E-state index contributed by atoms with van der Waals surface area (Å²) in [7, 11) is 3.95. The molecule has 0 saturated carbocycles. The van der Waals surface area contributed by atoms with E-state index in [1.807, 2.05) is 72.1 Å². The molecule has 0 aliphatic rings. The maximum atomic E-state index is 9.58. The van der Waals surface area contributed by atoms with Gasteiger partial charge in [0, 0.05) is 32.0 Å². The number of aliphatic hydroxyl groups is 1. The lowest BCUT2D eigenvalue weighted by molar-refractivity contribution is 0.269. The van der Waals surface area contributed by atoms with E-state index in [1.165, 1.54) is 0 Å². The molecular weight excluding hydrogens is 266 g/mol. The van der Waals surface area contributed by atoms with Crippen LogP contribution in [0.2, 0.25) is 0 Å². The molecule has 2 heterocycles. The summed E-state index contributed by atoms with van der Waals surface area (Å²) >= 11 is 0. The van der Waals surface area contributed by atoms with E-state index in [0.717, 1.165) is 11.3 Å². The van der Waals surface area contributed by atoms with Gasteiger partial charge in [0.15, 0.2) is 0 Å². The van der Waals surface area contributed by atoms with Crippen LogP contribution in [0, 0.1) is 0 Å². The van der Waals surface area contributed by atoms with E-state index in [0.29, 0.717) is 17.3 Å². The number of aliphatic hydroxyl groups excluding tert-OH is 1. The molecule has 1 aromatic carbocycles. The number of fused-ring (bicyclic) bond motifs is 1.